The number of aromatic nitrogens is 1. The van der Waals surface area contributed by atoms with Crippen molar-refractivity contribution in [1.29, 1.82) is 0 Å². The van der Waals surface area contributed by atoms with Gasteiger partial charge in [-0.15, -0.1) is 0 Å². The number of nitrogens with zero attached hydrogens (tertiary/aromatic N) is 1. The van der Waals surface area contributed by atoms with Crippen LogP contribution in [0.15, 0.2) is 41.3 Å². The van der Waals surface area contributed by atoms with Crippen LogP contribution in [-0.2, 0) is 0 Å². The number of benzene rings is 1. The van der Waals surface area contributed by atoms with E-state index in [1.807, 2.05) is 12.5 Å². The molecule has 2 aromatic heterocycles. The maximum absolute atomic E-state index is 5.28. The molecule has 0 radical (unpaired) electrons. The molecule has 1 aromatic carbocycles. The van der Waals surface area contributed by atoms with Crippen LogP contribution in [0.5, 0.6) is 0 Å². The maximum Gasteiger partial charge on any atom is 0.0988 e. The van der Waals surface area contributed by atoms with E-state index in [0.717, 1.165) is 0 Å². The van der Waals surface area contributed by atoms with Crippen LogP contribution in [0.4, 0.5) is 0 Å². The monoisotopic (exact) mass is 227 g/mol. The van der Waals surface area contributed by atoms with Crippen LogP contribution in [0, 0.1) is 0 Å². The summed E-state index contributed by atoms with van der Waals surface area (Å²) in [6, 6.07) is 7.08. The first-order valence-electron chi connectivity index (χ1n) is 6.26. The lowest BCUT2D eigenvalue weighted by molar-refractivity contribution is 0.515. The highest BCUT2D eigenvalue weighted by Gasteiger charge is 2.10. The molecule has 0 saturated heterocycles. The van der Waals surface area contributed by atoms with E-state index in [-0.39, 0.29) is 0 Å². The molecule has 0 bridgehead atoms. The average Bonchev–Trinajstić information content (AvgIpc) is 2.94. The van der Waals surface area contributed by atoms with Gasteiger partial charge in [0.15, 0.2) is 0 Å². The van der Waals surface area contributed by atoms with Gasteiger partial charge in [-0.05, 0) is 31.5 Å². The number of hydrogen-bond donors (Lipinski definition) is 0. The quantitative estimate of drug-likeness (QED) is 0.631. The Morgan fingerprint density at radius 3 is 2.88 bits per heavy atom. The molecule has 0 aliphatic heterocycles. The Kier molecular flexibility index (Phi) is 2.43. The van der Waals surface area contributed by atoms with Crippen molar-refractivity contribution in [2.45, 2.75) is 32.7 Å². The summed E-state index contributed by atoms with van der Waals surface area (Å²) < 4.78 is 7.65. The van der Waals surface area contributed by atoms with Crippen LogP contribution in [-0.4, -0.2) is 4.57 Å². The van der Waals surface area contributed by atoms with Crippen LogP contribution in [0.3, 0.4) is 0 Å². The zero-order valence-corrected chi connectivity index (χ0v) is 10.3. The largest absolute Gasteiger partial charge is 0.471 e. The molecule has 0 fully saturated rings. The van der Waals surface area contributed by atoms with E-state index in [9.17, 15) is 0 Å². The van der Waals surface area contributed by atoms with Gasteiger partial charge in [0.1, 0.15) is 0 Å². The Labute approximate surface area is 101 Å². The van der Waals surface area contributed by atoms with E-state index in [2.05, 4.69) is 42.8 Å². The van der Waals surface area contributed by atoms with E-state index in [4.69, 9.17) is 4.42 Å². The van der Waals surface area contributed by atoms with Gasteiger partial charge in [-0.25, -0.2) is 0 Å². The third kappa shape index (κ3) is 1.55. The van der Waals surface area contributed by atoms with Crippen LogP contribution in [0.25, 0.3) is 21.7 Å². The fraction of sp³-hybridized carbons (Fsp3) is 0.333. The molecule has 0 aliphatic carbocycles. The van der Waals surface area contributed by atoms with Gasteiger partial charge in [-0.2, -0.15) is 0 Å². The predicted molar refractivity (Wildman–Crippen MR) is 71.3 cm³/mol. The highest BCUT2D eigenvalue weighted by molar-refractivity contribution is 6.06. The lowest BCUT2D eigenvalue weighted by Crippen LogP contribution is -2.02. The van der Waals surface area contributed by atoms with Gasteiger partial charge >= 0.3 is 0 Å². The fourth-order valence-corrected chi connectivity index (χ4v) is 2.63. The molecule has 0 spiro atoms. The Bertz CT molecular complexity index is 647. The second-order valence-electron chi connectivity index (χ2n) is 4.73. The number of hydrogen-bond acceptors (Lipinski definition) is 1. The predicted octanol–water partition coefficient (Wildman–Crippen LogP) is 4.75. The zero-order chi connectivity index (χ0) is 11.8. The molecule has 2 heterocycles. The van der Waals surface area contributed by atoms with Crippen LogP contribution < -0.4 is 0 Å². The van der Waals surface area contributed by atoms with Crippen molar-refractivity contribution < 1.29 is 4.42 Å². The van der Waals surface area contributed by atoms with Crippen molar-refractivity contribution >= 4 is 21.7 Å². The zero-order valence-electron chi connectivity index (χ0n) is 10.3. The molecule has 0 N–H and O–H groups in total. The standard InChI is InChI=1S/C15H17NO/c1-3-4-11(2)16-8-7-13-14-10-17-9-12(14)5-6-15(13)16/h5-11H,3-4H2,1-2H3. The molecule has 88 valence electrons. The van der Waals surface area contributed by atoms with Gasteiger partial charge < -0.3 is 8.98 Å². The summed E-state index contributed by atoms with van der Waals surface area (Å²) in [6.45, 7) is 4.51. The summed E-state index contributed by atoms with van der Waals surface area (Å²) in [6.07, 6.45) is 8.27. The second kappa shape index (κ2) is 3.95. The molecular weight excluding hydrogens is 210 g/mol. The van der Waals surface area contributed by atoms with E-state index >= 15 is 0 Å². The molecule has 1 unspecified atom stereocenters. The molecule has 0 saturated carbocycles. The molecule has 3 aromatic rings. The molecule has 2 nitrogen and oxygen atoms in total. The molecule has 0 aliphatic rings. The van der Waals surface area contributed by atoms with Gasteiger partial charge in [0, 0.05) is 33.9 Å². The number of furan rings is 1. The molecule has 0 amide bonds. The average molecular weight is 227 g/mol. The Morgan fingerprint density at radius 1 is 1.18 bits per heavy atom. The molecule has 3 rings (SSSR count). The van der Waals surface area contributed by atoms with Crippen LogP contribution in [0.1, 0.15) is 32.7 Å². The van der Waals surface area contributed by atoms with Crippen molar-refractivity contribution in [3.05, 3.63) is 36.9 Å². The van der Waals surface area contributed by atoms with Crippen LogP contribution in [0.2, 0.25) is 0 Å². The second-order valence-corrected chi connectivity index (χ2v) is 4.73. The summed E-state index contributed by atoms with van der Waals surface area (Å²) in [5, 5.41) is 3.68. The lowest BCUT2D eigenvalue weighted by atomic mass is 10.1. The molecule has 17 heavy (non-hydrogen) atoms. The first-order valence-corrected chi connectivity index (χ1v) is 6.26. The number of rotatable bonds is 3. The molecule has 2 heteroatoms. The van der Waals surface area contributed by atoms with E-state index in [0.29, 0.717) is 6.04 Å². The highest BCUT2D eigenvalue weighted by Crippen LogP contribution is 2.29. The van der Waals surface area contributed by atoms with Gasteiger partial charge in [0.25, 0.3) is 0 Å². The minimum atomic E-state index is 0.557. The van der Waals surface area contributed by atoms with Crippen molar-refractivity contribution in [2.24, 2.45) is 0 Å². The highest BCUT2D eigenvalue weighted by atomic mass is 16.3. The van der Waals surface area contributed by atoms with Gasteiger partial charge in [0.2, 0.25) is 0 Å². The van der Waals surface area contributed by atoms with Crippen LogP contribution >= 0.6 is 0 Å². The van der Waals surface area contributed by atoms with E-state index in [1.54, 1.807) is 0 Å². The smallest absolute Gasteiger partial charge is 0.0988 e. The Morgan fingerprint density at radius 2 is 2.06 bits per heavy atom. The number of fused-ring (bicyclic) bond motifs is 3. The van der Waals surface area contributed by atoms with Crippen molar-refractivity contribution in [1.82, 2.24) is 4.57 Å². The first kappa shape index (κ1) is 10.5. The first-order chi connectivity index (χ1) is 8.31. The fourth-order valence-electron chi connectivity index (χ4n) is 2.63. The van der Waals surface area contributed by atoms with Crippen molar-refractivity contribution in [3.63, 3.8) is 0 Å². The van der Waals surface area contributed by atoms with Gasteiger partial charge in [-0.3, -0.25) is 0 Å². The van der Waals surface area contributed by atoms with Gasteiger partial charge in [0.05, 0.1) is 12.5 Å². The van der Waals surface area contributed by atoms with E-state index < -0.39 is 0 Å². The lowest BCUT2D eigenvalue weighted by Gasteiger charge is -2.14. The van der Waals surface area contributed by atoms with Gasteiger partial charge in [-0.1, -0.05) is 13.3 Å². The Balaban J connectivity index is 2.21. The molecular formula is C15H17NO. The Hall–Kier alpha value is -1.70. The maximum atomic E-state index is 5.28. The third-order valence-electron chi connectivity index (χ3n) is 3.54. The normalized spacial score (nSPS) is 13.5. The minimum Gasteiger partial charge on any atom is -0.471 e. The summed E-state index contributed by atoms with van der Waals surface area (Å²) in [5.41, 5.74) is 1.31. The van der Waals surface area contributed by atoms with E-state index in [1.165, 1.54) is 34.5 Å². The SMILES string of the molecule is CCCC(C)n1ccc2c3cocc3ccc21. The minimum absolute atomic E-state index is 0.557. The summed E-state index contributed by atoms with van der Waals surface area (Å²) >= 11 is 0. The summed E-state index contributed by atoms with van der Waals surface area (Å²) in [4.78, 5) is 0. The van der Waals surface area contributed by atoms with Crippen molar-refractivity contribution in [2.75, 3.05) is 0 Å². The molecule has 1 atom stereocenters. The topological polar surface area (TPSA) is 18.1 Å². The third-order valence-corrected chi connectivity index (χ3v) is 3.54. The van der Waals surface area contributed by atoms with Crippen molar-refractivity contribution in [3.8, 4) is 0 Å². The summed E-state index contributed by atoms with van der Waals surface area (Å²) in [5.74, 6) is 0. The summed E-state index contributed by atoms with van der Waals surface area (Å²) in [7, 11) is 0.